The van der Waals surface area contributed by atoms with Crippen molar-refractivity contribution in [1.29, 1.82) is 0 Å². The summed E-state index contributed by atoms with van der Waals surface area (Å²) in [5.74, 6) is 1.20. The molecule has 2 atom stereocenters. The van der Waals surface area contributed by atoms with Crippen LogP contribution in [0.3, 0.4) is 0 Å². The predicted octanol–water partition coefficient (Wildman–Crippen LogP) is 0.306. The maximum Gasteiger partial charge on any atom is 0.247 e. The first kappa shape index (κ1) is 15.9. The van der Waals surface area contributed by atoms with Gasteiger partial charge in [0.15, 0.2) is 11.5 Å². The lowest BCUT2D eigenvalue weighted by Gasteiger charge is -2.43. The van der Waals surface area contributed by atoms with Crippen LogP contribution in [0.4, 0.5) is 0 Å². The Morgan fingerprint density at radius 3 is 2.59 bits per heavy atom. The molecule has 0 radical (unpaired) electrons. The third kappa shape index (κ3) is 2.79. The van der Waals surface area contributed by atoms with E-state index in [1.807, 2.05) is 6.08 Å². The fourth-order valence-electron chi connectivity index (χ4n) is 2.57. The fourth-order valence-corrected chi connectivity index (χ4v) is 2.57. The number of likely N-dealkylation sites (tertiary alicyclic amines) is 1. The number of carbonyl (C=O) groups is 2. The average molecular weight is 308 g/mol. The highest BCUT2D eigenvalue weighted by Gasteiger charge is 2.42. The SMILES string of the molecule is C=CC(=O)N[C@H]1CN(C2C=C(OC)C(OC)=C(OC)C2)C1=O. The Kier molecular flexibility index (Phi) is 4.75. The summed E-state index contributed by atoms with van der Waals surface area (Å²) < 4.78 is 15.9. The van der Waals surface area contributed by atoms with Gasteiger partial charge in [0, 0.05) is 6.42 Å². The van der Waals surface area contributed by atoms with Crippen LogP contribution < -0.4 is 5.32 Å². The number of β-lactam (4-membered cyclic amide) rings is 1. The van der Waals surface area contributed by atoms with Crippen LogP contribution in [0.25, 0.3) is 0 Å². The summed E-state index contributed by atoms with van der Waals surface area (Å²) >= 11 is 0. The van der Waals surface area contributed by atoms with Gasteiger partial charge in [-0.25, -0.2) is 0 Å². The van der Waals surface area contributed by atoms with Crippen LogP contribution >= 0.6 is 0 Å². The van der Waals surface area contributed by atoms with Crippen LogP contribution in [0.1, 0.15) is 6.42 Å². The Balaban J connectivity index is 2.08. The molecule has 0 spiro atoms. The van der Waals surface area contributed by atoms with Gasteiger partial charge in [-0.3, -0.25) is 9.59 Å². The van der Waals surface area contributed by atoms with E-state index in [1.165, 1.54) is 14.2 Å². The summed E-state index contributed by atoms with van der Waals surface area (Å²) in [4.78, 5) is 25.1. The van der Waals surface area contributed by atoms with Crippen LogP contribution in [0.2, 0.25) is 0 Å². The molecular weight excluding hydrogens is 288 g/mol. The molecule has 1 saturated heterocycles. The summed E-state index contributed by atoms with van der Waals surface area (Å²) in [6.07, 6.45) is 3.47. The Morgan fingerprint density at radius 1 is 1.36 bits per heavy atom. The number of nitrogens with zero attached hydrogens (tertiary/aromatic N) is 1. The molecular formula is C15H20N2O5. The molecule has 1 aliphatic carbocycles. The summed E-state index contributed by atoms with van der Waals surface area (Å²) in [7, 11) is 4.62. The summed E-state index contributed by atoms with van der Waals surface area (Å²) in [6.45, 7) is 3.81. The zero-order valence-corrected chi connectivity index (χ0v) is 12.9. The first-order valence-corrected chi connectivity index (χ1v) is 6.86. The van der Waals surface area contributed by atoms with Gasteiger partial charge < -0.3 is 24.4 Å². The molecule has 2 amide bonds. The lowest BCUT2D eigenvalue weighted by Crippen LogP contribution is -2.66. The predicted molar refractivity (Wildman–Crippen MR) is 78.4 cm³/mol. The number of hydrogen-bond donors (Lipinski definition) is 1. The maximum absolute atomic E-state index is 12.2. The molecule has 0 aromatic rings. The smallest absolute Gasteiger partial charge is 0.247 e. The average Bonchev–Trinajstić information content (AvgIpc) is 2.55. The van der Waals surface area contributed by atoms with E-state index in [4.69, 9.17) is 14.2 Å². The van der Waals surface area contributed by atoms with Crippen molar-refractivity contribution >= 4 is 11.8 Å². The first-order chi connectivity index (χ1) is 10.5. The number of amides is 2. The Morgan fingerprint density at radius 2 is 2.09 bits per heavy atom. The van der Waals surface area contributed by atoms with E-state index >= 15 is 0 Å². The molecule has 7 nitrogen and oxygen atoms in total. The molecule has 7 heteroatoms. The molecule has 1 heterocycles. The third-order valence-corrected chi connectivity index (χ3v) is 3.75. The molecule has 1 unspecified atom stereocenters. The molecule has 0 saturated carbocycles. The Labute approximate surface area is 129 Å². The van der Waals surface area contributed by atoms with Crippen molar-refractivity contribution in [3.05, 3.63) is 36.0 Å². The molecule has 0 aromatic carbocycles. The standard InChI is InChI=1S/C15H20N2O5/c1-5-13(18)16-10-8-17(15(10)19)9-6-11(20-2)14(22-4)12(7-9)21-3/h5-6,9-10H,1,7-8H2,2-4H3,(H,16,18)/t9?,10-/m0/s1. The van der Waals surface area contributed by atoms with Gasteiger partial charge in [0.05, 0.1) is 33.9 Å². The highest BCUT2D eigenvalue weighted by Crippen LogP contribution is 2.31. The number of nitrogens with one attached hydrogen (secondary N) is 1. The molecule has 0 bridgehead atoms. The largest absolute Gasteiger partial charge is 0.497 e. The quantitative estimate of drug-likeness (QED) is 0.564. The summed E-state index contributed by atoms with van der Waals surface area (Å²) in [6, 6.07) is -0.683. The molecule has 1 fully saturated rings. The number of ether oxygens (including phenoxy) is 3. The van der Waals surface area contributed by atoms with E-state index in [1.54, 1.807) is 12.0 Å². The van der Waals surface area contributed by atoms with Crippen LogP contribution in [-0.2, 0) is 23.8 Å². The lowest BCUT2D eigenvalue weighted by atomic mass is 9.97. The topological polar surface area (TPSA) is 77.1 Å². The second kappa shape index (κ2) is 6.55. The second-order valence-corrected chi connectivity index (χ2v) is 4.92. The van der Waals surface area contributed by atoms with Gasteiger partial charge in [0.2, 0.25) is 11.8 Å². The maximum atomic E-state index is 12.2. The highest BCUT2D eigenvalue weighted by molar-refractivity contribution is 5.95. The van der Waals surface area contributed by atoms with Gasteiger partial charge in [-0.1, -0.05) is 6.58 Å². The minimum Gasteiger partial charge on any atom is -0.497 e. The lowest BCUT2D eigenvalue weighted by molar-refractivity contribution is -0.148. The van der Waals surface area contributed by atoms with Crippen LogP contribution in [0, 0.1) is 0 Å². The number of rotatable bonds is 6. The molecule has 120 valence electrons. The fraction of sp³-hybridized carbons (Fsp3) is 0.467. The Bertz CT molecular complexity index is 552. The van der Waals surface area contributed by atoms with E-state index in [-0.39, 0.29) is 17.9 Å². The van der Waals surface area contributed by atoms with Crippen molar-refractivity contribution in [2.45, 2.75) is 18.5 Å². The van der Waals surface area contributed by atoms with Crippen molar-refractivity contribution in [2.75, 3.05) is 27.9 Å². The van der Waals surface area contributed by atoms with E-state index in [0.717, 1.165) is 6.08 Å². The third-order valence-electron chi connectivity index (χ3n) is 3.75. The van der Waals surface area contributed by atoms with Crippen LogP contribution in [0.5, 0.6) is 0 Å². The molecule has 22 heavy (non-hydrogen) atoms. The van der Waals surface area contributed by atoms with Crippen molar-refractivity contribution in [3.8, 4) is 0 Å². The Hall–Kier alpha value is -2.44. The van der Waals surface area contributed by atoms with Crippen LogP contribution in [-0.4, -0.2) is 56.7 Å². The summed E-state index contributed by atoms with van der Waals surface area (Å²) in [5.41, 5.74) is 0. The van der Waals surface area contributed by atoms with Crippen molar-refractivity contribution in [3.63, 3.8) is 0 Å². The van der Waals surface area contributed by atoms with Gasteiger partial charge in [-0.05, 0) is 12.2 Å². The van der Waals surface area contributed by atoms with E-state index in [0.29, 0.717) is 30.2 Å². The van der Waals surface area contributed by atoms with Gasteiger partial charge in [0.25, 0.3) is 0 Å². The van der Waals surface area contributed by atoms with Crippen molar-refractivity contribution < 1.29 is 23.8 Å². The van der Waals surface area contributed by atoms with E-state index in [2.05, 4.69) is 11.9 Å². The van der Waals surface area contributed by atoms with Gasteiger partial charge in [-0.2, -0.15) is 0 Å². The van der Waals surface area contributed by atoms with E-state index < -0.39 is 6.04 Å². The molecule has 0 aromatic heterocycles. The first-order valence-electron chi connectivity index (χ1n) is 6.86. The monoisotopic (exact) mass is 308 g/mol. The normalized spacial score (nSPS) is 24.2. The number of methoxy groups -OCH3 is 3. The minimum absolute atomic E-state index is 0.136. The second-order valence-electron chi connectivity index (χ2n) is 4.92. The van der Waals surface area contributed by atoms with Crippen molar-refractivity contribution in [2.24, 2.45) is 0 Å². The van der Waals surface area contributed by atoms with E-state index in [9.17, 15) is 9.59 Å². The molecule has 2 rings (SSSR count). The van der Waals surface area contributed by atoms with Gasteiger partial charge in [0.1, 0.15) is 11.8 Å². The number of carbonyl (C=O) groups excluding carboxylic acids is 2. The molecule has 1 aliphatic heterocycles. The summed E-state index contributed by atoms with van der Waals surface area (Å²) in [5, 5.41) is 2.59. The van der Waals surface area contributed by atoms with Crippen LogP contribution in [0.15, 0.2) is 36.0 Å². The highest BCUT2D eigenvalue weighted by atomic mass is 16.5. The number of hydrogen-bond acceptors (Lipinski definition) is 5. The van der Waals surface area contributed by atoms with Gasteiger partial charge >= 0.3 is 0 Å². The van der Waals surface area contributed by atoms with Gasteiger partial charge in [-0.15, -0.1) is 0 Å². The zero-order chi connectivity index (χ0) is 16.3. The zero-order valence-electron chi connectivity index (χ0n) is 12.9. The molecule has 1 N–H and O–H groups in total. The molecule has 2 aliphatic rings. The van der Waals surface area contributed by atoms with Crippen molar-refractivity contribution in [1.82, 2.24) is 10.2 Å². The minimum atomic E-state index is -0.497.